The average molecular weight is 300 g/mol. The zero-order chi connectivity index (χ0) is 15.9. The topological polar surface area (TPSA) is 51.7 Å². The van der Waals surface area contributed by atoms with Crippen LogP contribution in [-0.4, -0.2) is 37.1 Å². The molecular weight excluding hydrogens is 280 g/mol. The third-order valence-corrected chi connectivity index (χ3v) is 3.35. The minimum absolute atomic E-state index is 0.0400. The Bertz CT molecular complexity index is 612. The fourth-order valence-electron chi connectivity index (χ4n) is 2.24. The first-order chi connectivity index (χ1) is 10.7. The molecule has 0 spiro atoms. The van der Waals surface area contributed by atoms with Gasteiger partial charge in [-0.1, -0.05) is 24.3 Å². The van der Waals surface area contributed by atoms with Crippen LogP contribution in [0, 0.1) is 0 Å². The van der Waals surface area contributed by atoms with E-state index >= 15 is 0 Å². The number of amides is 1. The molecular formula is C17H20N2O3. The molecule has 116 valence electrons. The molecule has 0 unspecified atom stereocenters. The second kappa shape index (κ2) is 7.68. The number of carbonyl (C=O) groups excluding carboxylic acids is 1. The van der Waals surface area contributed by atoms with Gasteiger partial charge in [-0.25, -0.2) is 0 Å². The highest BCUT2D eigenvalue weighted by molar-refractivity contribution is 5.93. The summed E-state index contributed by atoms with van der Waals surface area (Å²) in [6.07, 6.45) is 1.14. The first-order valence-electron chi connectivity index (χ1n) is 6.97. The SMILES string of the molecule is COC(OC)c1ncccc1CN(C)C(=O)c1ccccc1. The molecule has 0 bridgehead atoms. The highest BCUT2D eigenvalue weighted by Gasteiger charge is 2.18. The maximum Gasteiger partial charge on any atom is 0.253 e. The van der Waals surface area contributed by atoms with Crippen LogP contribution in [0.1, 0.15) is 27.9 Å². The van der Waals surface area contributed by atoms with Gasteiger partial charge in [0, 0.05) is 39.6 Å². The number of aromatic nitrogens is 1. The van der Waals surface area contributed by atoms with Gasteiger partial charge in [-0.05, 0) is 23.8 Å². The van der Waals surface area contributed by atoms with Crippen LogP contribution >= 0.6 is 0 Å². The molecule has 0 N–H and O–H groups in total. The number of carbonyl (C=O) groups is 1. The predicted octanol–water partition coefficient (Wildman–Crippen LogP) is 2.65. The molecule has 0 atom stereocenters. The molecule has 1 heterocycles. The molecule has 0 fully saturated rings. The van der Waals surface area contributed by atoms with E-state index < -0.39 is 6.29 Å². The van der Waals surface area contributed by atoms with Gasteiger partial charge in [-0.2, -0.15) is 0 Å². The Morgan fingerprint density at radius 3 is 2.45 bits per heavy atom. The smallest absolute Gasteiger partial charge is 0.253 e. The number of benzene rings is 1. The van der Waals surface area contributed by atoms with Gasteiger partial charge in [0.2, 0.25) is 6.29 Å². The normalized spacial score (nSPS) is 10.7. The Kier molecular flexibility index (Phi) is 5.63. The Labute approximate surface area is 130 Å². The van der Waals surface area contributed by atoms with Crippen LogP contribution in [0.3, 0.4) is 0 Å². The van der Waals surface area contributed by atoms with Gasteiger partial charge in [0.25, 0.3) is 5.91 Å². The maximum absolute atomic E-state index is 12.4. The lowest BCUT2D eigenvalue weighted by atomic mass is 10.1. The summed E-state index contributed by atoms with van der Waals surface area (Å²) in [4.78, 5) is 18.4. The summed E-state index contributed by atoms with van der Waals surface area (Å²) in [6, 6.07) is 12.9. The zero-order valence-electron chi connectivity index (χ0n) is 13.0. The summed E-state index contributed by atoms with van der Waals surface area (Å²) in [6.45, 7) is 0.431. The molecule has 0 radical (unpaired) electrons. The average Bonchev–Trinajstić information content (AvgIpc) is 2.57. The molecule has 0 saturated carbocycles. The number of ether oxygens (including phenoxy) is 2. The first kappa shape index (κ1) is 16.1. The highest BCUT2D eigenvalue weighted by atomic mass is 16.7. The van der Waals surface area contributed by atoms with E-state index in [9.17, 15) is 4.79 Å². The summed E-state index contributed by atoms with van der Waals surface area (Å²) in [7, 11) is 4.89. The molecule has 1 amide bonds. The molecule has 22 heavy (non-hydrogen) atoms. The number of rotatable bonds is 6. The fraction of sp³-hybridized carbons (Fsp3) is 0.294. The fourth-order valence-corrected chi connectivity index (χ4v) is 2.24. The summed E-state index contributed by atoms with van der Waals surface area (Å²) in [5.41, 5.74) is 2.23. The van der Waals surface area contributed by atoms with Crippen molar-refractivity contribution in [1.29, 1.82) is 0 Å². The number of methoxy groups -OCH3 is 2. The van der Waals surface area contributed by atoms with Gasteiger partial charge >= 0.3 is 0 Å². The molecule has 5 heteroatoms. The van der Waals surface area contributed by atoms with E-state index in [1.807, 2.05) is 30.3 Å². The summed E-state index contributed by atoms with van der Waals surface area (Å²) in [5, 5.41) is 0. The van der Waals surface area contributed by atoms with Crippen LogP contribution in [0.5, 0.6) is 0 Å². The van der Waals surface area contributed by atoms with E-state index in [0.717, 1.165) is 5.56 Å². The van der Waals surface area contributed by atoms with Crippen LogP contribution in [0.15, 0.2) is 48.7 Å². The van der Waals surface area contributed by atoms with Crippen LogP contribution in [0.2, 0.25) is 0 Å². The Morgan fingerprint density at radius 1 is 1.14 bits per heavy atom. The second-order valence-corrected chi connectivity index (χ2v) is 4.88. The van der Waals surface area contributed by atoms with Gasteiger partial charge in [0.05, 0.1) is 0 Å². The largest absolute Gasteiger partial charge is 0.350 e. The van der Waals surface area contributed by atoms with Gasteiger partial charge < -0.3 is 14.4 Å². The molecule has 1 aromatic heterocycles. The van der Waals surface area contributed by atoms with Crippen LogP contribution in [0.4, 0.5) is 0 Å². The van der Waals surface area contributed by atoms with Crippen LogP contribution in [-0.2, 0) is 16.0 Å². The lowest BCUT2D eigenvalue weighted by molar-refractivity contribution is -0.109. The van der Waals surface area contributed by atoms with Crippen molar-refractivity contribution >= 4 is 5.91 Å². The number of nitrogens with zero attached hydrogens (tertiary/aromatic N) is 2. The molecule has 2 rings (SSSR count). The molecule has 0 saturated heterocycles. The predicted molar refractivity (Wildman–Crippen MR) is 83.2 cm³/mol. The second-order valence-electron chi connectivity index (χ2n) is 4.88. The monoisotopic (exact) mass is 300 g/mol. The van der Waals surface area contributed by atoms with Crippen molar-refractivity contribution in [2.75, 3.05) is 21.3 Å². The Morgan fingerprint density at radius 2 is 1.82 bits per heavy atom. The first-order valence-corrected chi connectivity index (χ1v) is 6.97. The molecule has 0 aliphatic heterocycles. The van der Waals surface area contributed by atoms with Crippen molar-refractivity contribution in [2.45, 2.75) is 12.8 Å². The minimum atomic E-state index is -0.545. The van der Waals surface area contributed by atoms with E-state index in [1.165, 1.54) is 0 Å². The zero-order valence-corrected chi connectivity index (χ0v) is 13.0. The standard InChI is InChI=1S/C17H20N2O3/c1-19(16(20)13-8-5-4-6-9-13)12-14-10-7-11-18-15(14)17(21-2)22-3/h4-11,17H,12H2,1-3H3. The van der Waals surface area contributed by atoms with Crippen molar-refractivity contribution in [1.82, 2.24) is 9.88 Å². The van der Waals surface area contributed by atoms with Gasteiger partial charge in [0.1, 0.15) is 5.69 Å². The third-order valence-electron chi connectivity index (χ3n) is 3.35. The van der Waals surface area contributed by atoms with Crippen molar-refractivity contribution in [3.8, 4) is 0 Å². The lowest BCUT2D eigenvalue weighted by Gasteiger charge is -2.21. The molecule has 2 aromatic rings. The summed E-state index contributed by atoms with van der Waals surface area (Å²) < 4.78 is 10.5. The molecule has 5 nitrogen and oxygen atoms in total. The van der Waals surface area contributed by atoms with E-state index in [1.54, 1.807) is 44.5 Å². The van der Waals surface area contributed by atoms with Crippen molar-refractivity contribution in [3.63, 3.8) is 0 Å². The molecule has 1 aromatic carbocycles. The van der Waals surface area contributed by atoms with Crippen LogP contribution < -0.4 is 0 Å². The van der Waals surface area contributed by atoms with Crippen LogP contribution in [0.25, 0.3) is 0 Å². The van der Waals surface area contributed by atoms with E-state index in [-0.39, 0.29) is 5.91 Å². The van der Waals surface area contributed by atoms with E-state index in [4.69, 9.17) is 9.47 Å². The maximum atomic E-state index is 12.4. The van der Waals surface area contributed by atoms with Gasteiger partial charge in [-0.3, -0.25) is 9.78 Å². The Hall–Kier alpha value is -2.24. The minimum Gasteiger partial charge on any atom is -0.350 e. The summed E-state index contributed by atoms with van der Waals surface area (Å²) in [5.74, 6) is -0.0400. The number of hydrogen-bond donors (Lipinski definition) is 0. The summed E-state index contributed by atoms with van der Waals surface area (Å²) >= 11 is 0. The number of pyridine rings is 1. The van der Waals surface area contributed by atoms with Gasteiger partial charge in [0.15, 0.2) is 0 Å². The number of hydrogen-bond acceptors (Lipinski definition) is 4. The lowest BCUT2D eigenvalue weighted by Crippen LogP contribution is -2.27. The third kappa shape index (κ3) is 3.69. The van der Waals surface area contributed by atoms with E-state index in [2.05, 4.69) is 4.98 Å². The van der Waals surface area contributed by atoms with Crippen molar-refractivity contribution in [3.05, 3.63) is 65.5 Å². The van der Waals surface area contributed by atoms with Gasteiger partial charge in [-0.15, -0.1) is 0 Å². The highest BCUT2D eigenvalue weighted by Crippen LogP contribution is 2.20. The van der Waals surface area contributed by atoms with E-state index in [0.29, 0.717) is 17.8 Å². The van der Waals surface area contributed by atoms with Crippen molar-refractivity contribution < 1.29 is 14.3 Å². The Balaban J connectivity index is 2.18. The molecule has 0 aliphatic rings. The van der Waals surface area contributed by atoms with Crippen molar-refractivity contribution in [2.24, 2.45) is 0 Å². The molecule has 0 aliphatic carbocycles. The quantitative estimate of drug-likeness (QED) is 0.770.